The van der Waals surface area contributed by atoms with Crippen LogP contribution in [0.1, 0.15) is 60.7 Å². The Hall–Kier alpha value is -3.86. The third-order valence-electron chi connectivity index (χ3n) is 6.31. The zero-order chi connectivity index (χ0) is 26.2. The smallest absolute Gasteiger partial charge is 0.305 e. The molecule has 0 atom stereocenters. The number of rotatable bonds is 12. The summed E-state index contributed by atoms with van der Waals surface area (Å²) in [5.74, 6) is 1.13. The standard InChI is InChI=1S/C32H35NO4/c1-4-36-31(34)10-7-19-33-21-29(28-8-5-6-9-30(28)33)32(35)26-15-17-27(18-16-26)37-22-25-13-11-24(12-14-25)20-23(2)3/h5-6,8-9,11-18,21,23H,4,7,10,19-20,22H2,1-3H3. The van der Waals surface area contributed by atoms with Gasteiger partial charge < -0.3 is 14.0 Å². The monoisotopic (exact) mass is 497 g/mol. The molecule has 0 amide bonds. The van der Waals surface area contributed by atoms with Gasteiger partial charge in [0.05, 0.1) is 6.61 Å². The van der Waals surface area contributed by atoms with Gasteiger partial charge in [-0.05, 0) is 67.1 Å². The number of benzene rings is 3. The Morgan fingerprint density at radius 1 is 0.892 bits per heavy atom. The lowest BCUT2D eigenvalue weighted by Gasteiger charge is -2.09. The van der Waals surface area contributed by atoms with Gasteiger partial charge in [-0.3, -0.25) is 9.59 Å². The van der Waals surface area contributed by atoms with Crippen LogP contribution in [0.25, 0.3) is 10.9 Å². The second kappa shape index (κ2) is 12.4. The number of hydrogen-bond acceptors (Lipinski definition) is 4. The molecule has 5 heteroatoms. The van der Waals surface area contributed by atoms with E-state index in [1.165, 1.54) is 5.56 Å². The number of ether oxygens (including phenoxy) is 2. The SMILES string of the molecule is CCOC(=O)CCCn1cc(C(=O)c2ccc(OCc3ccc(CC(C)C)cc3)cc2)c2ccccc21. The van der Waals surface area contributed by atoms with Crippen molar-refractivity contribution in [2.45, 2.75) is 53.2 Å². The van der Waals surface area contributed by atoms with E-state index in [2.05, 4.69) is 38.1 Å². The molecule has 3 aromatic carbocycles. The van der Waals surface area contributed by atoms with E-state index < -0.39 is 0 Å². The van der Waals surface area contributed by atoms with Crippen molar-refractivity contribution in [2.24, 2.45) is 5.92 Å². The fourth-order valence-corrected chi connectivity index (χ4v) is 4.51. The zero-order valence-electron chi connectivity index (χ0n) is 21.9. The van der Waals surface area contributed by atoms with Gasteiger partial charge in [-0.25, -0.2) is 0 Å². The predicted molar refractivity (Wildman–Crippen MR) is 147 cm³/mol. The van der Waals surface area contributed by atoms with E-state index in [0.717, 1.165) is 28.6 Å². The van der Waals surface area contributed by atoms with Crippen LogP contribution in [0, 0.1) is 5.92 Å². The summed E-state index contributed by atoms with van der Waals surface area (Å²) in [7, 11) is 0. The quantitative estimate of drug-likeness (QED) is 0.156. The van der Waals surface area contributed by atoms with E-state index in [1.807, 2.05) is 59.3 Å². The topological polar surface area (TPSA) is 57.5 Å². The van der Waals surface area contributed by atoms with Crippen molar-refractivity contribution in [3.05, 3.63) is 101 Å². The van der Waals surface area contributed by atoms with E-state index in [0.29, 0.717) is 49.6 Å². The van der Waals surface area contributed by atoms with Gasteiger partial charge in [0.15, 0.2) is 5.78 Å². The molecular weight excluding hydrogens is 462 g/mol. The number of nitrogens with zero attached hydrogens (tertiary/aromatic N) is 1. The van der Waals surface area contributed by atoms with Crippen molar-refractivity contribution < 1.29 is 19.1 Å². The molecule has 4 aromatic rings. The Labute approximate surface area is 219 Å². The minimum Gasteiger partial charge on any atom is -0.489 e. The lowest BCUT2D eigenvalue weighted by atomic mass is 10.0. The molecule has 0 unspecified atom stereocenters. The van der Waals surface area contributed by atoms with Gasteiger partial charge in [0.1, 0.15) is 12.4 Å². The average Bonchev–Trinajstić information content (AvgIpc) is 3.27. The maximum Gasteiger partial charge on any atom is 0.305 e. The molecule has 1 heterocycles. The van der Waals surface area contributed by atoms with Gasteiger partial charge in [-0.2, -0.15) is 0 Å². The van der Waals surface area contributed by atoms with Gasteiger partial charge in [0, 0.05) is 41.2 Å². The first-order valence-electron chi connectivity index (χ1n) is 13.0. The van der Waals surface area contributed by atoms with Crippen molar-refractivity contribution in [2.75, 3.05) is 6.61 Å². The third-order valence-corrected chi connectivity index (χ3v) is 6.31. The van der Waals surface area contributed by atoms with Crippen LogP contribution in [0.4, 0.5) is 0 Å². The number of hydrogen-bond donors (Lipinski definition) is 0. The first-order chi connectivity index (χ1) is 17.9. The van der Waals surface area contributed by atoms with Gasteiger partial charge in [-0.15, -0.1) is 0 Å². The van der Waals surface area contributed by atoms with E-state index in [1.54, 1.807) is 6.92 Å². The normalized spacial score (nSPS) is 11.1. The number of aryl methyl sites for hydroxylation is 1. The maximum absolute atomic E-state index is 13.4. The lowest BCUT2D eigenvalue weighted by molar-refractivity contribution is -0.143. The highest BCUT2D eigenvalue weighted by atomic mass is 16.5. The summed E-state index contributed by atoms with van der Waals surface area (Å²) in [6, 6.07) is 23.7. The Morgan fingerprint density at radius 3 is 2.30 bits per heavy atom. The number of para-hydroxylation sites is 1. The van der Waals surface area contributed by atoms with Crippen LogP contribution in [-0.2, 0) is 29.1 Å². The largest absolute Gasteiger partial charge is 0.489 e. The summed E-state index contributed by atoms with van der Waals surface area (Å²) in [5, 5.41) is 0.907. The highest BCUT2D eigenvalue weighted by Gasteiger charge is 2.17. The molecule has 192 valence electrons. The Kier molecular flexibility index (Phi) is 8.78. The molecule has 0 aliphatic rings. The predicted octanol–water partition coefficient (Wildman–Crippen LogP) is 6.99. The molecule has 37 heavy (non-hydrogen) atoms. The molecule has 0 fully saturated rings. The second-order valence-electron chi connectivity index (χ2n) is 9.72. The average molecular weight is 498 g/mol. The summed E-state index contributed by atoms with van der Waals surface area (Å²) in [6.07, 6.45) is 3.97. The van der Waals surface area contributed by atoms with Crippen LogP contribution in [0.3, 0.4) is 0 Å². The van der Waals surface area contributed by atoms with Gasteiger partial charge in [0.2, 0.25) is 0 Å². The Morgan fingerprint density at radius 2 is 1.59 bits per heavy atom. The highest BCUT2D eigenvalue weighted by molar-refractivity contribution is 6.16. The number of carbonyl (C=O) groups is 2. The van der Waals surface area contributed by atoms with Crippen LogP contribution in [0.15, 0.2) is 79.0 Å². The number of ketones is 1. The van der Waals surface area contributed by atoms with Crippen molar-refractivity contribution in [1.29, 1.82) is 0 Å². The minimum atomic E-state index is -0.194. The molecule has 0 saturated heterocycles. The fourth-order valence-electron chi connectivity index (χ4n) is 4.51. The number of carbonyl (C=O) groups excluding carboxylic acids is 2. The second-order valence-corrected chi connectivity index (χ2v) is 9.72. The summed E-state index contributed by atoms with van der Waals surface area (Å²) in [6.45, 7) is 7.75. The molecule has 0 aliphatic carbocycles. The van der Waals surface area contributed by atoms with E-state index in [4.69, 9.17) is 9.47 Å². The van der Waals surface area contributed by atoms with Crippen LogP contribution in [0.2, 0.25) is 0 Å². The van der Waals surface area contributed by atoms with Crippen molar-refractivity contribution in [1.82, 2.24) is 4.57 Å². The van der Waals surface area contributed by atoms with Crippen molar-refractivity contribution >= 4 is 22.7 Å². The van der Waals surface area contributed by atoms with E-state index in [9.17, 15) is 9.59 Å². The highest BCUT2D eigenvalue weighted by Crippen LogP contribution is 2.25. The molecule has 4 rings (SSSR count). The summed E-state index contributed by atoms with van der Waals surface area (Å²) in [4.78, 5) is 25.1. The van der Waals surface area contributed by atoms with Crippen molar-refractivity contribution in [3.63, 3.8) is 0 Å². The number of fused-ring (bicyclic) bond motifs is 1. The maximum atomic E-state index is 13.4. The van der Waals surface area contributed by atoms with Gasteiger partial charge >= 0.3 is 5.97 Å². The lowest BCUT2D eigenvalue weighted by Crippen LogP contribution is -2.06. The number of esters is 1. The molecule has 0 N–H and O–H groups in total. The minimum absolute atomic E-state index is 0.0346. The fraction of sp³-hybridized carbons (Fsp3) is 0.312. The summed E-state index contributed by atoms with van der Waals surface area (Å²) in [5.41, 5.74) is 4.70. The van der Waals surface area contributed by atoms with Crippen LogP contribution in [0.5, 0.6) is 5.75 Å². The van der Waals surface area contributed by atoms with Gasteiger partial charge in [-0.1, -0.05) is 56.3 Å². The summed E-state index contributed by atoms with van der Waals surface area (Å²) >= 11 is 0. The summed E-state index contributed by atoms with van der Waals surface area (Å²) < 4.78 is 13.0. The van der Waals surface area contributed by atoms with Gasteiger partial charge in [0.25, 0.3) is 0 Å². The molecule has 0 aliphatic heterocycles. The molecule has 0 radical (unpaired) electrons. The third kappa shape index (κ3) is 6.88. The van der Waals surface area contributed by atoms with E-state index in [-0.39, 0.29) is 11.8 Å². The molecule has 1 aromatic heterocycles. The van der Waals surface area contributed by atoms with Crippen LogP contribution < -0.4 is 4.74 Å². The first kappa shape index (κ1) is 26.2. The first-order valence-corrected chi connectivity index (χ1v) is 13.0. The zero-order valence-corrected chi connectivity index (χ0v) is 21.9. The molecule has 0 bridgehead atoms. The Bertz CT molecular complexity index is 1330. The molecule has 0 spiro atoms. The Balaban J connectivity index is 1.41. The van der Waals surface area contributed by atoms with E-state index >= 15 is 0 Å². The molecular formula is C32H35NO4. The molecule has 0 saturated carbocycles. The van der Waals surface area contributed by atoms with Crippen molar-refractivity contribution in [3.8, 4) is 5.75 Å². The van der Waals surface area contributed by atoms with Crippen LogP contribution >= 0.6 is 0 Å². The molecule has 5 nitrogen and oxygen atoms in total. The number of aromatic nitrogens is 1. The van der Waals surface area contributed by atoms with Crippen LogP contribution in [-0.4, -0.2) is 22.9 Å².